The summed E-state index contributed by atoms with van der Waals surface area (Å²) in [5.41, 5.74) is 1.82. The van der Waals surface area contributed by atoms with Crippen LogP contribution in [0.15, 0.2) is 24.3 Å². The maximum atomic E-state index is 9.75. The Kier molecular flexibility index (Phi) is 2.73. The van der Waals surface area contributed by atoms with Gasteiger partial charge in [-0.1, -0.05) is 12.1 Å². The highest BCUT2D eigenvalue weighted by molar-refractivity contribution is 5.80. The molecule has 0 spiro atoms. The van der Waals surface area contributed by atoms with Crippen LogP contribution in [-0.4, -0.2) is 40.3 Å². The van der Waals surface area contributed by atoms with Crippen LogP contribution in [0.4, 0.5) is 11.6 Å². The van der Waals surface area contributed by atoms with Crippen LogP contribution in [0.1, 0.15) is 19.3 Å². The fraction of sp³-hybridized carbons (Fsp3) is 0.467. The SMILES string of the molecule is O[C@@H]1CCN(c2nc3ccccc3nc2NC2CC2)C1. The molecule has 2 aromatic rings. The summed E-state index contributed by atoms with van der Waals surface area (Å²) >= 11 is 0. The van der Waals surface area contributed by atoms with E-state index < -0.39 is 0 Å². The van der Waals surface area contributed by atoms with Crippen molar-refractivity contribution in [1.82, 2.24) is 9.97 Å². The molecule has 4 rings (SSSR count). The number of benzene rings is 1. The van der Waals surface area contributed by atoms with Crippen LogP contribution in [0.5, 0.6) is 0 Å². The number of nitrogens with one attached hydrogen (secondary N) is 1. The average molecular weight is 270 g/mol. The van der Waals surface area contributed by atoms with Gasteiger partial charge in [-0.15, -0.1) is 0 Å². The van der Waals surface area contributed by atoms with Gasteiger partial charge in [0.15, 0.2) is 11.6 Å². The topological polar surface area (TPSA) is 61.3 Å². The van der Waals surface area contributed by atoms with Gasteiger partial charge in [0.25, 0.3) is 0 Å². The second-order valence-electron chi connectivity index (χ2n) is 5.69. The second-order valence-corrected chi connectivity index (χ2v) is 5.69. The maximum absolute atomic E-state index is 9.75. The highest BCUT2D eigenvalue weighted by atomic mass is 16.3. The van der Waals surface area contributed by atoms with Gasteiger partial charge in [0.1, 0.15) is 0 Å². The molecular formula is C15H18N4O. The minimum Gasteiger partial charge on any atom is -0.391 e. The van der Waals surface area contributed by atoms with E-state index in [-0.39, 0.29) is 6.10 Å². The number of para-hydroxylation sites is 2. The molecule has 2 aliphatic rings. The van der Waals surface area contributed by atoms with Crippen LogP contribution in [0.3, 0.4) is 0 Å². The molecule has 1 atom stereocenters. The zero-order valence-corrected chi connectivity index (χ0v) is 11.3. The smallest absolute Gasteiger partial charge is 0.172 e. The summed E-state index contributed by atoms with van der Waals surface area (Å²) in [7, 11) is 0. The molecule has 0 unspecified atom stereocenters. The predicted molar refractivity (Wildman–Crippen MR) is 79.0 cm³/mol. The van der Waals surface area contributed by atoms with E-state index in [1.165, 1.54) is 12.8 Å². The van der Waals surface area contributed by atoms with E-state index in [0.717, 1.165) is 35.6 Å². The number of aliphatic hydroxyl groups excluding tert-OH is 1. The molecule has 1 aliphatic carbocycles. The molecule has 2 N–H and O–H groups in total. The quantitative estimate of drug-likeness (QED) is 0.890. The summed E-state index contributed by atoms with van der Waals surface area (Å²) in [6.45, 7) is 1.49. The lowest BCUT2D eigenvalue weighted by atomic mass is 10.3. The zero-order chi connectivity index (χ0) is 13.5. The van der Waals surface area contributed by atoms with E-state index in [2.05, 4.69) is 10.2 Å². The molecule has 5 heteroatoms. The monoisotopic (exact) mass is 270 g/mol. The van der Waals surface area contributed by atoms with Gasteiger partial charge in [0.2, 0.25) is 0 Å². The van der Waals surface area contributed by atoms with Gasteiger partial charge in [-0.25, -0.2) is 9.97 Å². The van der Waals surface area contributed by atoms with Crippen molar-refractivity contribution < 1.29 is 5.11 Å². The number of rotatable bonds is 3. The first-order chi connectivity index (χ1) is 9.79. The molecule has 1 aromatic carbocycles. The van der Waals surface area contributed by atoms with E-state index >= 15 is 0 Å². The molecule has 0 amide bonds. The molecule has 0 bridgehead atoms. The summed E-state index contributed by atoms with van der Waals surface area (Å²) < 4.78 is 0. The Morgan fingerprint density at radius 1 is 1.10 bits per heavy atom. The number of anilines is 2. The van der Waals surface area contributed by atoms with E-state index in [1.54, 1.807) is 0 Å². The Hall–Kier alpha value is -1.88. The molecule has 1 aromatic heterocycles. The van der Waals surface area contributed by atoms with Gasteiger partial charge in [-0.3, -0.25) is 0 Å². The normalized spacial score (nSPS) is 22.4. The van der Waals surface area contributed by atoms with Crippen molar-refractivity contribution in [2.75, 3.05) is 23.3 Å². The van der Waals surface area contributed by atoms with Crippen molar-refractivity contribution in [1.29, 1.82) is 0 Å². The zero-order valence-electron chi connectivity index (χ0n) is 11.3. The number of nitrogens with zero attached hydrogens (tertiary/aromatic N) is 3. The number of aliphatic hydroxyl groups is 1. The van der Waals surface area contributed by atoms with Gasteiger partial charge in [-0.05, 0) is 31.4 Å². The van der Waals surface area contributed by atoms with Gasteiger partial charge in [-0.2, -0.15) is 0 Å². The van der Waals surface area contributed by atoms with E-state index in [0.29, 0.717) is 12.6 Å². The minimum atomic E-state index is -0.253. The molecule has 1 aliphatic heterocycles. The van der Waals surface area contributed by atoms with Gasteiger partial charge in [0.05, 0.1) is 17.1 Å². The lowest BCUT2D eigenvalue weighted by molar-refractivity contribution is 0.198. The molecule has 1 saturated heterocycles. The largest absolute Gasteiger partial charge is 0.391 e. The van der Waals surface area contributed by atoms with Crippen LogP contribution in [0.25, 0.3) is 11.0 Å². The van der Waals surface area contributed by atoms with Gasteiger partial charge < -0.3 is 15.3 Å². The number of hydrogen-bond acceptors (Lipinski definition) is 5. The number of aromatic nitrogens is 2. The summed E-state index contributed by atoms with van der Waals surface area (Å²) in [6, 6.07) is 8.48. The maximum Gasteiger partial charge on any atom is 0.172 e. The van der Waals surface area contributed by atoms with Crippen LogP contribution in [0, 0.1) is 0 Å². The van der Waals surface area contributed by atoms with Crippen molar-refractivity contribution in [3.8, 4) is 0 Å². The lowest BCUT2D eigenvalue weighted by Crippen LogP contribution is -2.24. The molecular weight excluding hydrogens is 252 g/mol. The molecule has 5 nitrogen and oxygen atoms in total. The molecule has 104 valence electrons. The van der Waals surface area contributed by atoms with Crippen molar-refractivity contribution in [3.63, 3.8) is 0 Å². The van der Waals surface area contributed by atoms with Crippen molar-refractivity contribution in [3.05, 3.63) is 24.3 Å². The molecule has 2 heterocycles. The van der Waals surface area contributed by atoms with Crippen LogP contribution >= 0.6 is 0 Å². The third kappa shape index (κ3) is 2.18. The Morgan fingerprint density at radius 3 is 2.50 bits per heavy atom. The number of hydrogen-bond donors (Lipinski definition) is 2. The summed E-state index contributed by atoms with van der Waals surface area (Å²) in [6.07, 6.45) is 2.96. The molecule has 2 fully saturated rings. The number of fused-ring (bicyclic) bond motifs is 1. The number of β-amino-alcohol motifs (C(OH)–C–C–N with tert-alkyl or cyclic N) is 1. The van der Waals surface area contributed by atoms with Crippen molar-refractivity contribution in [2.45, 2.75) is 31.4 Å². The summed E-state index contributed by atoms with van der Waals surface area (Å²) in [5.74, 6) is 1.74. The van der Waals surface area contributed by atoms with E-state index in [1.807, 2.05) is 24.3 Å². The Labute approximate surface area is 117 Å². The van der Waals surface area contributed by atoms with E-state index in [4.69, 9.17) is 9.97 Å². The predicted octanol–water partition coefficient (Wildman–Crippen LogP) is 1.78. The third-order valence-electron chi connectivity index (χ3n) is 3.93. The van der Waals surface area contributed by atoms with Gasteiger partial charge in [0, 0.05) is 19.1 Å². The highest BCUT2D eigenvalue weighted by Crippen LogP contribution is 2.32. The van der Waals surface area contributed by atoms with Crippen LogP contribution in [-0.2, 0) is 0 Å². The lowest BCUT2D eigenvalue weighted by Gasteiger charge is -2.20. The minimum absolute atomic E-state index is 0.253. The van der Waals surface area contributed by atoms with Crippen LogP contribution in [0.2, 0.25) is 0 Å². The summed E-state index contributed by atoms with van der Waals surface area (Å²) in [5, 5.41) is 13.2. The second kappa shape index (κ2) is 4.59. The summed E-state index contributed by atoms with van der Waals surface area (Å²) in [4.78, 5) is 11.6. The first-order valence-corrected chi connectivity index (χ1v) is 7.26. The van der Waals surface area contributed by atoms with Gasteiger partial charge >= 0.3 is 0 Å². The third-order valence-corrected chi connectivity index (χ3v) is 3.93. The first-order valence-electron chi connectivity index (χ1n) is 7.26. The van der Waals surface area contributed by atoms with Crippen molar-refractivity contribution >= 4 is 22.7 Å². The van der Waals surface area contributed by atoms with Crippen LogP contribution < -0.4 is 10.2 Å². The fourth-order valence-electron chi connectivity index (χ4n) is 2.66. The molecule has 1 saturated carbocycles. The Bertz CT molecular complexity index is 641. The molecule has 20 heavy (non-hydrogen) atoms. The Balaban J connectivity index is 1.78. The Morgan fingerprint density at radius 2 is 1.85 bits per heavy atom. The average Bonchev–Trinajstić information content (AvgIpc) is 3.17. The standard InChI is InChI=1S/C15H18N4O/c20-11-7-8-19(9-11)15-14(16-10-5-6-10)17-12-3-1-2-4-13(12)18-15/h1-4,10-11,20H,5-9H2,(H,16,17)/t11-/m1/s1. The highest BCUT2D eigenvalue weighted by Gasteiger charge is 2.28. The van der Waals surface area contributed by atoms with E-state index in [9.17, 15) is 5.11 Å². The first kappa shape index (κ1) is 11.9. The fourth-order valence-corrected chi connectivity index (χ4v) is 2.66. The van der Waals surface area contributed by atoms with Crippen molar-refractivity contribution in [2.24, 2.45) is 0 Å². The molecule has 0 radical (unpaired) electrons.